The molecule has 418 valence electrons. The highest BCUT2D eigenvalue weighted by molar-refractivity contribution is 5.88. The van der Waals surface area contributed by atoms with Crippen LogP contribution in [0.3, 0.4) is 0 Å². The predicted octanol–water partition coefficient (Wildman–Crippen LogP) is 12.5. The van der Waals surface area contributed by atoms with Crippen LogP contribution in [-0.2, 0) is 58.1 Å². The number of nitrogens with zero attached hydrogens (tertiary/aromatic N) is 2. The molecule has 0 aliphatic carbocycles. The van der Waals surface area contributed by atoms with E-state index in [-0.39, 0.29) is 67.9 Å². The number of hydrogen-bond acceptors (Lipinski definition) is 7. The average Bonchev–Trinajstić information content (AvgIpc) is 3.88. The van der Waals surface area contributed by atoms with Gasteiger partial charge in [0.15, 0.2) is 0 Å². The van der Waals surface area contributed by atoms with Gasteiger partial charge in [-0.1, -0.05) is 24.3 Å². The molecule has 4 aromatic carbocycles. The second kappa shape index (κ2) is 21.2. The number of rotatable bonds is 10. The molecule has 0 bridgehead atoms. The second-order valence-electron chi connectivity index (χ2n) is 20.4. The van der Waals surface area contributed by atoms with Crippen molar-refractivity contribution in [3.63, 3.8) is 0 Å². The number of alkyl halides is 12. The summed E-state index contributed by atoms with van der Waals surface area (Å²) in [5.74, 6) is -5.02. The number of piperidine rings is 2. The van der Waals surface area contributed by atoms with Crippen molar-refractivity contribution in [3.8, 4) is 0 Å². The van der Waals surface area contributed by atoms with Gasteiger partial charge in [-0.05, 0) is 123 Å². The molecule has 4 saturated heterocycles. The van der Waals surface area contributed by atoms with Crippen molar-refractivity contribution < 1.29 is 100.0 Å². The summed E-state index contributed by atoms with van der Waals surface area (Å²) < 4.78 is 205. The van der Waals surface area contributed by atoms with Gasteiger partial charge in [-0.25, -0.2) is 8.78 Å². The van der Waals surface area contributed by atoms with E-state index < -0.39 is 136 Å². The van der Waals surface area contributed by atoms with E-state index in [2.05, 4.69) is 0 Å². The third-order valence-corrected chi connectivity index (χ3v) is 14.8. The molecule has 4 aromatic rings. The number of halogens is 14. The minimum absolute atomic E-state index is 0.0156. The Bertz CT molecular complexity index is 2790. The first kappa shape index (κ1) is 58.4. The first-order chi connectivity index (χ1) is 35.5. The number of carbonyl (C=O) groups excluding carboxylic acids is 3. The van der Waals surface area contributed by atoms with Crippen LogP contribution in [0.2, 0.25) is 0 Å². The van der Waals surface area contributed by atoms with Gasteiger partial charge in [0, 0.05) is 49.9 Å². The number of benzene rings is 4. The maximum absolute atomic E-state index is 13.7. The molecule has 0 saturated carbocycles. The van der Waals surface area contributed by atoms with Crippen molar-refractivity contribution in [2.45, 2.75) is 126 Å². The van der Waals surface area contributed by atoms with E-state index in [4.69, 9.17) is 14.2 Å². The fourth-order valence-electron chi connectivity index (χ4n) is 10.9. The summed E-state index contributed by atoms with van der Waals surface area (Å²) in [6.07, 6.45) is -24.6. The maximum Gasteiger partial charge on any atom is 0.416 e. The number of carboxylic acid groups (broad SMARTS) is 1. The standard InChI is InChI=1S/C27H26F7NO4.C26H24F7NO4/c1-14(16-8-17(26(29,30)31)10-18(9-16)27(32,33)34)39-21-13-35-20(23(21)15-4-6-19(28)7-5-15)11-25(2,12-22(35)36)24(37)38-3;1-13(15-7-16(25(28,29)30)9-17(8-15)26(31,32)33)38-20-12-34-19(10-24(2,23(36)37)11-21(34)35)22(20)14-3-5-18(27)6-4-14/h4-10,14,20-21,23H,11-13H2,1-3H3;3-9,13,19-20,22H,10-12H2,1-2H3,(H,36,37)/t14-,20?,21?,23+,25?;13-,19?,20?,22+,24?/m11/s1. The maximum atomic E-state index is 13.7. The number of esters is 1. The lowest BCUT2D eigenvalue weighted by Gasteiger charge is -2.41. The number of amides is 2. The third kappa shape index (κ3) is 12.5. The SMILES string of the molecule is COC(=O)C1(C)CC(=O)N2CC(O[C@H](C)c3cc(C(F)(F)F)cc(C(F)(F)F)c3)[C@@H](c3ccc(F)cc3)C2C1.C[C@@H](OC1CN2C(=O)CC(C)(C(=O)O)CC2[C@@H]1c1ccc(F)cc1)c1cc(C(F)(F)F)cc(C(F)(F)F)c1. The normalized spacial score (nSPS) is 26.6. The summed E-state index contributed by atoms with van der Waals surface area (Å²) in [6.45, 7) is 5.58. The number of aliphatic carboxylic acids is 1. The molecule has 4 aliphatic heterocycles. The fraction of sp³-hybridized carbons (Fsp3) is 0.472. The Balaban J connectivity index is 0.000000224. The van der Waals surface area contributed by atoms with Crippen molar-refractivity contribution >= 4 is 23.8 Å². The van der Waals surface area contributed by atoms with E-state index in [9.17, 15) is 85.8 Å². The highest BCUT2D eigenvalue weighted by Gasteiger charge is 2.57. The van der Waals surface area contributed by atoms with Crippen LogP contribution >= 0.6 is 0 Å². The Labute approximate surface area is 431 Å². The fourth-order valence-corrected chi connectivity index (χ4v) is 10.9. The summed E-state index contributed by atoms with van der Waals surface area (Å²) in [7, 11) is 1.20. The minimum atomic E-state index is -5.03. The molecule has 6 unspecified atom stereocenters. The lowest BCUT2D eigenvalue weighted by Crippen LogP contribution is -2.50. The largest absolute Gasteiger partial charge is 0.481 e. The van der Waals surface area contributed by atoms with Gasteiger partial charge in [0.25, 0.3) is 0 Å². The van der Waals surface area contributed by atoms with E-state index in [0.29, 0.717) is 35.4 Å². The van der Waals surface area contributed by atoms with Crippen LogP contribution in [0.5, 0.6) is 0 Å². The Hall–Kier alpha value is -6.30. The summed E-state index contributed by atoms with van der Waals surface area (Å²) in [6, 6.07) is 11.7. The van der Waals surface area contributed by atoms with E-state index >= 15 is 0 Å². The molecular formula is C53H50F14N2O8. The van der Waals surface area contributed by atoms with Crippen LogP contribution in [0, 0.1) is 22.5 Å². The van der Waals surface area contributed by atoms with Crippen molar-refractivity contribution in [1.82, 2.24) is 9.80 Å². The van der Waals surface area contributed by atoms with Crippen LogP contribution < -0.4 is 0 Å². The first-order valence-corrected chi connectivity index (χ1v) is 23.8. The van der Waals surface area contributed by atoms with E-state index in [1.54, 1.807) is 6.92 Å². The van der Waals surface area contributed by atoms with Gasteiger partial charge >= 0.3 is 36.6 Å². The van der Waals surface area contributed by atoms with Gasteiger partial charge in [0.05, 0.1) is 64.6 Å². The lowest BCUT2D eigenvalue weighted by atomic mass is 9.73. The smallest absolute Gasteiger partial charge is 0.416 e. The highest BCUT2D eigenvalue weighted by Crippen LogP contribution is 2.50. The number of methoxy groups -OCH3 is 1. The van der Waals surface area contributed by atoms with Crippen LogP contribution in [0.4, 0.5) is 61.5 Å². The molecule has 0 aromatic heterocycles. The summed E-state index contributed by atoms with van der Waals surface area (Å²) in [4.78, 5) is 53.4. The third-order valence-electron chi connectivity index (χ3n) is 14.8. The van der Waals surface area contributed by atoms with E-state index in [1.807, 2.05) is 0 Å². The second-order valence-corrected chi connectivity index (χ2v) is 20.4. The van der Waals surface area contributed by atoms with Gasteiger partial charge in [0.1, 0.15) is 11.6 Å². The zero-order valence-corrected chi connectivity index (χ0v) is 41.4. The molecule has 77 heavy (non-hydrogen) atoms. The monoisotopic (exact) mass is 1110 g/mol. The Morgan fingerprint density at radius 3 is 1.17 bits per heavy atom. The molecule has 8 rings (SSSR count). The van der Waals surface area contributed by atoms with Crippen molar-refractivity contribution in [1.29, 1.82) is 0 Å². The molecule has 2 amide bonds. The summed E-state index contributed by atoms with van der Waals surface area (Å²) in [5, 5.41) is 9.74. The molecule has 1 N–H and O–H groups in total. The summed E-state index contributed by atoms with van der Waals surface area (Å²) >= 11 is 0. The molecule has 4 fully saturated rings. The molecule has 4 heterocycles. The number of hydrogen-bond donors (Lipinski definition) is 1. The Kier molecular flexibility index (Phi) is 16.0. The summed E-state index contributed by atoms with van der Waals surface area (Å²) in [5.41, 5.74) is -8.11. The predicted molar refractivity (Wildman–Crippen MR) is 243 cm³/mol. The quantitative estimate of drug-likeness (QED) is 0.123. The van der Waals surface area contributed by atoms with Crippen molar-refractivity contribution in [3.05, 3.63) is 141 Å². The van der Waals surface area contributed by atoms with Gasteiger partial charge in [-0.3, -0.25) is 19.2 Å². The molecule has 4 aliphatic rings. The number of carboxylic acids is 1. The van der Waals surface area contributed by atoms with Gasteiger partial charge in [-0.2, -0.15) is 52.7 Å². The molecular weight excluding hydrogens is 1060 g/mol. The molecule has 0 spiro atoms. The first-order valence-electron chi connectivity index (χ1n) is 23.8. The van der Waals surface area contributed by atoms with Crippen molar-refractivity contribution in [2.24, 2.45) is 10.8 Å². The minimum Gasteiger partial charge on any atom is -0.481 e. The number of fused-ring (bicyclic) bond motifs is 2. The molecule has 0 radical (unpaired) electrons. The van der Waals surface area contributed by atoms with Gasteiger partial charge < -0.3 is 29.1 Å². The zero-order chi connectivity index (χ0) is 57.1. The Morgan fingerprint density at radius 2 is 0.870 bits per heavy atom. The van der Waals surface area contributed by atoms with Crippen LogP contribution in [-0.4, -0.2) is 83.2 Å². The van der Waals surface area contributed by atoms with Gasteiger partial charge in [-0.15, -0.1) is 0 Å². The van der Waals surface area contributed by atoms with Gasteiger partial charge in [0.2, 0.25) is 11.8 Å². The number of carbonyl (C=O) groups is 4. The number of ether oxygens (including phenoxy) is 3. The molecule has 10 nitrogen and oxygen atoms in total. The van der Waals surface area contributed by atoms with Crippen LogP contribution in [0.15, 0.2) is 84.9 Å². The van der Waals surface area contributed by atoms with E-state index in [1.165, 1.54) is 86.2 Å². The average molecular weight is 1110 g/mol. The highest BCUT2D eigenvalue weighted by atomic mass is 19.4. The zero-order valence-electron chi connectivity index (χ0n) is 41.4. The molecule has 24 heteroatoms. The topological polar surface area (TPSA) is 123 Å². The lowest BCUT2D eigenvalue weighted by molar-refractivity contribution is -0.161. The van der Waals surface area contributed by atoms with Crippen LogP contribution in [0.25, 0.3) is 0 Å². The van der Waals surface area contributed by atoms with E-state index in [0.717, 1.165) is 0 Å². The Morgan fingerprint density at radius 1 is 0.558 bits per heavy atom. The van der Waals surface area contributed by atoms with Crippen LogP contribution in [0.1, 0.15) is 122 Å². The molecule has 10 atom stereocenters. The van der Waals surface area contributed by atoms with Crippen molar-refractivity contribution in [2.75, 3.05) is 20.2 Å².